The number of likely N-dealkylation sites (tertiary alicyclic amines) is 1. The summed E-state index contributed by atoms with van der Waals surface area (Å²) in [6.07, 6.45) is 4.38. The third kappa shape index (κ3) is 4.48. The molecule has 0 atom stereocenters. The number of piperazine rings is 1. The summed E-state index contributed by atoms with van der Waals surface area (Å²) in [5.41, 5.74) is 3.52. The Bertz CT molecular complexity index is 1040. The summed E-state index contributed by atoms with van der Waals surface area (Å²) in [4.78, 5) is 10.9. The first-order chi connectivity index (χ1) is 15.7. The van der Waals surface area contributed by atoms with Crippen LogP contribution in [0, 0.1) is 5.82 Å². The van der Waals surface area contributed by atoms with Crippen LogP contribution in [0.4, 0.5) is 10.1 Å². The first-order valence-electron chi connectivity index (χ1n) is 11.8. The van der Waals surface area contributed by atoms with Crippen molar-refractivity contribution in [3.05, 3.63) is 60.0 Å². The standard InChI is InChI=1S/C26H33FN4O/c1-32-26-5-3-2-4-25(26)31-16-14-30(15-17-31)13-12-29-10-8-20(9-11-29)23-19-28-24-7-6-21(27)18-22(23)24/h2-7,18-20,28H,8-17H2,1H3. The summed E-state index contributed by atoms with van der Waals surface area (Å²) in [7, 11) is 1.75. The molecule has 5 nitrogen and oxygen atoms in total. The maximum Gasteiger partial charge on any atom is 0.142 e. The molecule has 2 fully saturated rings. The van der Waals surface area contributed by atoms with E-state index < -0.39 is 0 Å². The fraction of sp³-hybridized carbons (Fsp3) is 0.462. The molecule has 0 saturated carbocycles. The van der Waals surface area contributed by atoms with Gasteiger partial charge in [-0.15, -0.1) is 0 Å². The predicted molar refractivity (Wildman–Crippen MR) is 128 cm³/mol. The number of piperidine rings is 1. The maximum atomic E-state index is 13.7. The van der Waals surface area contributed by atoms with Crippen LogP contribution in [-0.2, 0) is 0 Å². The smallest absolute Gasteiger partial charge is 0.142 e. The number of methoxy groups -OCH3 is 1. The van der Waals surface area contributed by atoms with Crippen molar-refractivity contribution < 1.29 is 9.13 Å². The van der Waals surface area contributed by atoms with Gasteiger partial charge in [-0.25, -0.2) is 4.39 Å². The second-order valence-electron chi connectivity index (χ2n) is 9.05. The molecule has 2 saturated heterocycles. The topological polar surface area (TPSA) is 34.7 Å². The Kier molecular flexibility index (Phi) is 6.32. The van der Waals surface area contributed by atoms with E-state index in [0.29, 0.717) is 5.92 Å². The number of benzene rings is 2. The molecular formula is C26H33FN4O. The number of aromatic amines is 1. The molecule has 2 aliphatic heterocycles. The van der Waals surface area contributed by atoms with Crippen molar-refractivity contribution in [2.45, 2.75) is 18.8 Å². The monoisotopic (exact) mass is 436 g/mol. The van der Waals surface area contributed by atoms with Gasteiger partial charge >= 0.3 is 0 Å². The summed E-state index contributed by atoms with van der Waals surface area (Å²) < 4.78 is 19.3. The lowest BCUT2D eigenvalue weighted by Gasteiger charge is -2.38. The highest BCUT2D eigenvalue weighted by molar-refractivity contribution is 5.83. The van der Waals surface area contributed by atoms with Crippen molar-refractivity contribution in [3.63, 3.8) is 0 Å². The van der Waals surface area contributed by atoms with Gasteiger partial charge in [-0.3, -0.25) is 4.90 Å². The summed E-state index contributed by atoms with van der Waals surface area (Å²) >= 11 is 0. The molecule has 2 aliphatic rings. The first kappa shape index (κ1) is 21.3. The van der Waals surface area contributed by atoms with Gasteiger partial charge in [-0.2, -0.15) is 0 Å². The molecule has 3 heterocycles. The lowest BCUT2D eigenvalue weighted by molar-refractivity contribution is 0.168. The van der Waals surface area contributed by atoms with Crippen LogP contribution in [0.3, 0.4) is 0 Å². The van der Waals surface area contributed by atoms with E-state index >= 15 is 0 Å². The fourth-order valence-electron chi connectivity index (χ4n) is 5.31. The summed E-state index contributed by atoms with van der Waals surface area (Å²) in [5, 5.41) is 1.05. The van der Waals surface area contributed by atoms with E-state index in [4.69, 9.17) is 4.74 Å². The Morgan fingerprint density at radius 3 is 2.41 bits per heavy atom. The van der Waals surface area contributed by atoms with Gasteiger partial charge in [0.15, 0.2) is 0 Å². The zero-order chi connectivity index (χ0) is 21.9. The molecule has 2 aromatic carbocycles. The van der Waals surface area contributed by atoms with Gasteiger partial charge in [0.2, 0.25) is 0 Å². The normalized spacial score (nSPS) is 19.0. The molecule has 170 valence electrons. The Morgan fingerprint density at radius 1 is 0.938 bits per heavy atom. The van der Waals surface area contributed by atoms with Crippen molar-refractivity contribution in [2.75, 3.05) is 64.4 Å². The average molecular weight is 437 g/mol. The minimum atomic E-state index is -0.151. The van der Waals surface area contributed by atoms with Gasteiger partial charge in [-0.1, -0.05) is 12.1 Å². The van der Waals surface area contributed by atoms with E-state index in [1.165, 1.54) is 17.3 Å². The fourth-order valence-corrected chi connectivity index (χ4v) is 5.31. The SMILES string of the molecule is COc1ccccc1N1CCN(CCN2CCC(c3c[nH]c4ccc(F)cc34)CC2)CC1. The highest BCUT2D eigenvalue weighted by Gasteiger charge is 2.24. The number of hydrogen-bond acceptors (Lipinski definition) is 4. The second-order valence-corrected chi connectivity index (χ2v) is 9.05. The number of halogens is 1. The van der Waals surface area contributed by atoms with Crippen molar-refractivity contribution in [1.29, 1.82) is 0 Å². The van der Waals surface area contributed by atoms with Crippen LogP contribution in [0.1, 0.15) is 24.3 Å². The number of nitrogens with one attached hydrogen (secondary N) is 1. The number of para-hydroxylation sites is 2. The number of rotatable bonds is 6. The van der Waals surface area contributed by atoms with Gasteiger partial charge in [0, 0.05) is 56.4 Å². The van der Waals surface area contributed by atoms with Crippen LogP contribution in [0.15, 0.2) is 48.7 Å². The van der Waals surface area contributed by atoms with Crippen molar-refractivity contribution in [2.24, 2.45) is 0 Å². The molecular weight excluding hydrogens is 403 g/mol. The lowest BCUT2D eigenvalue weighted by atomic mass is 9.89. The largest absolute Gasteiger partial charge is 0.495 e. The van der Waals surface area contributed by atoms with Gasteiger partial charge < -0.3 is 19.5 Å². The minimum Gasteiger partial charge on any atom is -0.495 e. The zero-order valence-corrected chi connectivity index (χ0v) is 18.9. The quantitative estimate of drug-likeness (QED) is 0.624. The molecule has 3 aromatic rings. The van der Waals surface area contributed by atoms with Crippen LogP contribution in [0.25, 0.3) is 10.9 Å². The van der Waals surface area contributed by atoms with Gasteiger partial charge in [0.25, 0.3) is 0 Å². The molecule has 5 rings (SSSR count). The number of fused-ring (bicyclic) bond motifs is 1. The van der Waals surface area contributed by atoms with Crippen molar-refractivity contribution in [1.82, 2.24) is 14.8 Å². The number of H-pyrrole nitrogens is 1. The van der Waals surface area contributed by atoms with Crippen LogP contribution < -0.4 is 9.64 Å². The van der Waals surface area contributed by atoms with Crippen LogP contribution >= 0.6 is 0 Å². The molecule has 6 heteroatoms. The highest BCUT2D eigenvalue weighted by atomic mass is 19.1. The van der Waals surface area contributed by atoms with E-state index in [0.717, 1.165) is 81.9 Å². The molecule has 32 heavy (non-hydrogen) atoms. The molecule has 0 spiro atoms. The minimum absolute atomic E-state index is 0.151. The predicted octanol–water partition coefficient (Wildman–Crippen LogP) is 4.32. The van der Waals surface area contributed by atoms with Crippen LogP contribution in [0.5, 0.6) is 5.75 Å². The number of anilines is 1. The molecule has 0 bridgehead atoms. The third-order valence-corrected chi connectivity index (χ3v) is 7.23. The number of nitrogens with zero attached hydrogens (tertiary/aromatic N) is 3. The Morgan fingerprint density at radius 2 is 1.66 bits per heavy atom. The third-order valence-electron chi connectivity index (χ3n) is 7.23. The van der Waals surface area contributed by atoms with E-state index in [-0.39, 0.29) is 5.82 Å². The van der Waals surface area contributed by atoms with Gasteiger partial charge in [0.1, 0.15) is 11.6 Å². The van der Waals surface area contributed by atoms with E-state index in [2.05, 4.69) is 38.0 Å². The summed E-state index contributed by atoms with van der Waals surface area (Å²) in [6.45, 7) is 8.76. The van der Waals surface area contributed by atoms with Crippen molar-refractivity contribution >= 4 is 16.6 Å². The Hall–Kier alpha value is -2.57. The first-order valence-corrected chi connectivity index (χ1v) is 11.8. The summed E-state index contributed by atoms with van der Waals surface area (Å²) in [5.74, 6) is 1.33. The highest BCUT2D eigenvalue weighted by Crippen LogP contribution is 2.33. The molecule has 0 aliphatic carbocycles. The molecule has 1 aromatic heterocycles. The number of hydrogen-bond donors (Lipinski definition) is 1. The number of ether oxygens (including phenoxy) is 1. The van der Waals surface area contributed by atoms with E-state index in [1.807, 2.05) is 18.2 Å². The Labute approximate surface area is 189 Å². The zero-order valence-electron chi connectivity index (χ0n) is 18.9. The summed E-state index contributed by atoms with van der Waals surface area (Å²) in [6, 6.07) is 13.4. The van der Waals surface area contributed by atoms with Gasteiger partial charge in [0.05, 0.1) is 12.8 Å². The lowest BCUT2D eigenvalue weighted by Crippen LogP contribution is -2.49. The van der Waals surface area contributed by atoms with Crippen molar-refractivity contribution in [3.8, 4) is 5.75 Å². The average Bonchev–Trinajstić information content (AvgIpc) is 3.26. The maximum absolute atomic E-state index is 13.7. The van der Waals surface area contributed by atoms with E-state index in [9.17, 15) is 4.39 Å². The molecule has 1 N–H and O–H groups in total. The Balaban J connectivity index is 1.09. The molecule has 0 unspecified atom stereocenters. The van der Waals surface area contributed by atoms with Crippen LogP contribution in [-0.4, -0.2) is 74.3 Å². The second kappa shape index (κ2) is 9.51. The molecule has 0 amide bonds. The van der Waals surface area contributed by atoms with E-state index in [1.54, 1.807) is 13.2 Å². The van der Waals surface area contributed by atoms with Crippen LogP contribution in [0.2, 0.25) is 0 Å². The number of aromatic nitrogens is 1. The van der Waals surface area contributed by atoms with Gasteiger partial charge in [-0.05, 0) is 67.7 Å². The molecule has 0 radical (unpaired) electrons.